The van der Waals surface area contributed by atoms with Gasteiger partial charge in [0.2, 0.25) is 0 Å². The number of allylic oxidation sites excluding steroid dienone is 2. The number of aryl methyl sites for hydroxylation is 1. The molecule has 0 saturated heterocycles. The topological polar surface area (TPSA) is 101 Å². The van der Waals surface area contributed by atoms with E-state index in [0.717, 1.165) is 23.2 Å². The van der Waals surface area contributed by atoms with E-state index in [4.69, 9.17) is 23.2 Å². The van der Waals surface area contributed by atoms with Gasteiger partial charge in [0.25, 0.3) is 15.7 Å². The van der Waals surface area contributed by atoms with Crippen LogP contribution >= 0.6 is 23.2 Å². The van der Waals surface area contributed by atoms with Crippen molar-refractivity contribution in [2.24, 2.45) is 5.92 Å². The highest BCUT2D eigenvalue weighted by Gasteiger charge is 2.39. The van der Waals surface area contributed by atoms with E-state index in [9.17, 15) is 18.5 Å². The van der Waals surface area contributed by atoms with Crippen molar-refractivity contribution in [2.45, 2.75) is 30.2 Å². The Bertz CT molecular complexity index is 1490. The SMILES string of the molecule is Cc1cc(Cl)ccc1NS(=O)(=O)c1ccc2c(c1)[C@H]1C=CC[C@H]1[C@@H](c1cc([N+](=O)[O-])ccc1Cl)N2. The van der Waals surface area contributed by atoms with Gasteiger partial charge in [-0.1, -0.05) is 35.4 Å². The standard InChI is InChI=1S/C25H21Cl2N3O4S/c1-14-11-15(26)5-9-23(14)29-35(33,34)17-7-10-24-20(13-17)18-3-2-4-19(18)25(28-24)21-12-16(30(31)32)6-8-22(21)27/h2-3,5-13,18-19,25,28-29H,4H2,1H3/t18-,19+,25-/m0/s1. The van der Waals surface area contributed by atoms with E-state index in [1.807, 2.05) is 0 Å². The molecule has 0 spiro atoms. The Hall–Kier alpha value is -3.07. The molecule has 180 valence electrons. The molecule has 0 saturated carbocycles. The number of nitrogens with one attached hydrogen (secondary N) is 2. The highest BCUT2D eigenvalue weighted by atomic mass is 35.5. The fraction of sp³-hybridized carbons (Fsp3) is 0.200. The molecule has 7 nitrogen and oxygen atoms in total. The van der Waals surface area contributed by atoms with E-state index >= 15 is 0 Å². The second kappa shape index (κ2) is 8.86. The number of halogens is 2. The van der Waals surface area contributed by atoms with Gasteiger partial charge < -0.3 is 5.32 Å². The van der Waals surface area contributed by atoms with Gasteiger partial charge in [-0.15, -0.1) is 0 Å². The predicted octanol–water partition coefficient (Wildman–Crippen LogP) is 6.84. The number of non-ortho nitro benzene ring substituents is 1. The molecule has 10 heteroatoms. The first kappa shape index (κ1) is 23.7. The van der Waals surface area contributed by atoms with Crippen LogP contribution in [0.3, 0.4) is 0 Å². The van der Waals surface area contributed by atoms with E-state index in [1.165, 1.54) is 12.1 Å². The van der Waals surface area contributed by atoms with E-state index in [-0.39, 0.29) is 28.5 Å². The molecule has 3 aromatic rings. The lowest BCUT2D eigenvalue weighted by molar-refractivity contribution is -0.384. The van der Waals surface area contributed by atoms with Gasteiger partial charge in [0, 0.05) is 39.3 Å². The van der Waals surface area contributed by atoms with Gasteiger partial charge in [-0.25, -0.2) is 8.42 Å². The van der Waals surface area contributed by atoms with Gasteiger partial charge >= 0.3 is 0 Å². The van der Waals surface area contributed by atoms with Crippen LogP contribution < -0.4 is 10.0 Å². The van der Waals surface area contributed by atoms with Crippen LogP contribution in [-0.2, 0) is 10.0 Å². The van der Waals surface area contributed by atoms with Crippen molar-refractivity contribution in [3.8, 4) is 0 Å². The molecule has 0 fully saturated rings. The first-order valence-electron chi connectivity index (χ1n) is 10.9. The van der Waals surface area contributed by atoms with Crippen LogP contribution in [0.5, 0.6) is 0 Å². The molecule has 0 radical (unpaired) electrons. The van der Waals surface area contributed by atoms with Crippen LogP contribution in [0.25, 0.3) is 0 Å². The summed E-state index contributed by atoms with van der Waals surface area (Å²) in [7, 11) is -3.84. The van der Waals surface area contributed by atoms with Crippen molar-refractivity contribution < 1.29 is 13.3 Å². The first-order valence-corrected chi connectivity index (χ1v) is 13.2. The van der Waals surface area contributed by atoms with E-state index in [2.05, 4.69) is 22.2 Å². The maximum atomic E-state index is 13.2. The minimum Gasteiger partial charge on any atom is -0.378 e. The molecular weight excluding hydrogens is 509 g/mol. The van der Waals surface area contributed by atoms with Crippen LogP contribution in [0.1, 0.15) is 35.1 Å². The molecule has 1 heterocycles. The minimum absolute atomic E-state index is 0.0236. The molecule has 0 aromatic heterocycles. The summed E-state index contributed by atoms with van der Waals surface area (Å²) in [6.45, 7) is 1.79. The Kier molecular flexibility index (Phi) is 5.99. The van der Waals surface area contributed by atoms with E-state index in [1.54, 1.807) is 49.4 Å². The van der Waals surface area contributed by atoms with Gasteiger partial charge in [-0.05, 0) is 72.9 Å². The molecule has 2 N–H and O–H groups in total. The van der Waals surface area contributed by atoms with Crippen molar-refractivity contribution in [3.63, 3.8) is 0 Å². The second-order valence-corrected chi connectivity index (χ2v) is 11.3. The molecular formula is C25H21Cl2N3O4S. The van der Waals surface area contributed by atoms with Crippen molar-refractivity contribution >= 4 is 50.3 Å². The van der Waals surface area contributed by atoms with Crippen LogP contribution in [-0.4, -0.2) is 13.3 Å². The van der Waals surface area contributed by atoms with Crippen LogP contribution in [0.2, 0.25) is 10.0 Å². The van der Waals surface area contributed by atoms with Crippen molar-refractivity contribution in [3.05, 3.63) is 104 Å². The highest BCUT2D eigenvalue weighted by Crippen LogP contribution is 2.51. The quantitative estimate of drug-likeness (QED) is 0.214. The number of sulfonamides is 1. The third-order valence-electron chi connectivity index (χ3n) is 6.60. The monoisotopic (exact) mass is 529 g/mol. The first-order chi connectivity index (χ1) is 16.6. The Labute approximate surface area is 213 Å². The Morgan fingerprint density at radius 2 is 1.86 bits per heavy atom. The molecule has 5 rings (SSSR count). The lowest BCUT2D eigenvalue weighted by atomic mass is 9.77. The average molecular weight is 530 g/mol. The van der Waals surface area contributed by atoms with Crippen LogP contribution in [0, 0.1) is 23.0 Å². The maximum absolute atomic E-state index is 13.2. The zero-order chi connectivity index (χ0) is 24.9. The third-order valence-corrected chi connectivity index (χ3v) is 8.55. The number of nitro groups is 1. The average Bonchev–Trinajstić information content (AvgIpc) is 3.31. The normalized spacial score (nSPS) is 20.6. The molecule has 1 aliphatic carbocycles. The lowest BCUT2D eigenvalue weighted by Gasteiger charge is -2.38. The predicted molar refractivity (Wildman–Crippen MR) is 138 cm³/mol. The smallest absolute Gasteiger partial charge is 0.269 e. The minimum atomic E-state index is -3.84. The molecule has 3 atom stereocenters. The van der Waals surface area contributed by atoms with Gasteiger partial charge in [0.1, 0.15) is 0 Å². The number of hydrogen-bond acceptors (Lipinski definition) is 5. The molecule has 35 heavy (non-hydrogen) atoms. The molecule has 0 bridgehead atoms. The lowest BCUT2D eigenvalue weighted by Crippen LogP contribution is -2.29. The molecule has 0 amide bonds. The number of nitrogens with zero attached hydrogens (tertiary/aromatic N) is 1. The van der Waals surface area contributed by atoms with E-state index < -0.39 is 14.9 Å². The molecule has 0 unspecified atom stereocenters. The van der Waals surface area contributed by atoms with Crippen LogP contribution in [0.15, 0.2) is 71.6 Å². The Balaban J connectivity index is 1.51. The van der Waals surface area contributed by atoms with Crippen molar-refractivity contribution in [2.75, 3.05) is 10.0 Å². The van der Waals surface area contributed by atoms with Gasteiger partial charge in [0.05, 0.1) is 21.5 Å². The third kappa shape index (κ3) is 4.37. The summed E-state index contributed by atoms with van der Waals surface area (Å²) in [5.74, 6) is -0.0228. The zero-order valence-electron chi connectivity index (χ0n) is 18.5. The maximum Gasteiger partial charge on any atom is 0.269 e. The largest absolute Gasteiger partial charge is 0.378 e. The van der Waals surface area contributed by atoms with Gasteiger partial charge in [0.15, 0.2) is 0 Å². The number of fused-ring (bicyclic) bond motifs is 3. The fourth-order valence-corrected chi connectivity index (χ4v) is 6.50. The summed E-state index contributed by atoms with van der Waals surface area (Å²) in [5.41, 5.74) is 3.44. The van der Waals surface area contributed by atoms with Gasteiger partial charge in [-0.2, -0.15) is 0 Å². The summed E-state index contributed by atoms with van der Waals surface area (Å²) in [6, 6.07) is 14.1. The fourth-order valence-electron chi connectivity index (χ4n) is 4.88. The number of rotatable bonds is 5. The van der Waals surface area contributed by atoms with Crippen molar-refractivity contribution in [1.82, 2.24) is 0 Å². The molecule has 3 aromatic carbocycles. The zero-order valence-corrected chi connectivity index (χ0v) is 20.9. The van der Waals surface area contributed by atoms with Gasteiger partial charge in [-0.3, -0.25) is 14.8 Å². The highest BCUT2D eigenvalue weighted by molar-refractivity contribution is 7.92. The Morgan fingerprint density at radius 1 is 1.06 bits per heavy atom. The summed E-state index contributed by atoms with van der Waals surface area (Å²) in [4.78, 5) is 11.0. The van der Waals surface area contributed by atoms with Crippen LogP contribution in [0.4, 0.5) is 17.1 Å². The Morgan fingerprint density at radius 3 is 2.60 bits per heavy atom. The number of hydrogen-bond donors (Lipinski definition) is 2. The van der Waals surface area contributed by atoms with Crippen molar-refractivity contribution in [1.29, 1.82) is 0 Å². The summed E-state index contributed by atoms with van der Waals surface area (Å²) >= 11 is 12.5. The molecule has 2 aliphatic rings. The molecule has 1 aliphatic heterocycles. The second-order valence-electron chi connectivity index (χ2n) is 8.75. The number of benzene rings is 3. The summed E-state index contributed by atoms with van der Waals surface area (Å²) in [5, 5.41) is 15.8. The summed E-state index contributed by atoms with van der Waals surface area (Å²) < 4.78 is 29.0. The summed E-state index contributed by atoms with van der Waals surface area (Å²) in [6.07, 6.45) is 4.86. The van der Waals surface area contributed by atoms with E-state index in [0.29, 0.717) is 21.3 Å². The number of anilines is 2. The number of nitro benzene ring substituents is 1.